The van der Waals surface area contributed by atoms with E-state index in [4.69, 9.17) is 4.74 Å². The number of hydrogen-bond acceptors (Lipinski definition) is 1. The van der Waals surface area contributed by atoms with Gasteiger partial charge in [-0.2, -0.15) is 0 Å². The van der Waals surface area contributed by atoms with Crippen molar-refractivity contribution in [1.82, 2.24) is 0 Å². The summed E-state index contributed by atoms with van der Waals surface area (Å²) < 4.78 is 5.36. The van der Waals surface area contributed by atoms with Crippen LogP contribution < -0.4 is 4.74 Å². The van der Waals surface area contributed by atoms with Crippen molar-refractivity contribution in [2.45, 2.75) is 33.6 Å². The molecular weight excluding hydrogens is 208 g/mol. The van der Waals surface area contributed by atoms with Crippen LogP contribution in [0.3, 0.4) is 0 Å². The molecule has 0 saturated carbocycles. The average Bonchev–Trinajstić information content (AvgIpc) is 2.29. The molecule has 0 atom stereocenters. The van der Waals surface area contributed by atoms with Crippen LogP contribution in [0.1, 0.15) is 36.5 Å². The molecule has 0 fully saturated rings. The van der Waals surface area contributed by atoms with E-state index >= 15 is 0 Å². The number of fused-ring (bicyclic) bond motifs is 1. The minimum Gasteiger partial charge on any atom is -0.497 e. The van der Waals surface area contributed by atoms with E-state index in [9.17, 15) is 0 Å². The number of hydrogen-bond donors (Lipinski definition) is 0. The first-order valence-electron chi connectivity index (χ1n) is 6.12. The maximum atomic E-state index is 5.36. The van der Waals surface area contributed by atoms with E-state index in [2.05, 4.69) is 52.0 Å². The molecule has 1 heteroatoms. The minimum absolute atomic E-state index is 0.546. The van der Waals surface area contributed by atoms with Gasteiger partial charge in [-0.1, -0.05) is 26.0 Å². The zero-order valence-corrected chi connectivity index (χ0v) is 11.3. The second-order valence-electron chi connectivity index (χ2n) is 4.99. The second kappa shape index (κ2) is 4.40. The summed E-state index contributed by atoms with van der Waals surface area (Å²) in [5.41, 5.74) is 4.03. The summed E-state index contributed by atoms with van der Waals surface area (Å²) in [5.74, 6) is 1.49. The number of aryl methyl sites for hydroxylation is 2. The quantitative estimate of drug-likeness (QED) is 0.730. The maximum absolute atomic E-state index is 5.36. The lowest BCUT2D eigenvalue weighted by Gasteiger charge is -2.15. The molecule has 0 aliphatic rings. The van der Waals surface area contributed by atoms with Crippen molar-refractivity contribution in [2.75, 3.05) is 7.11 Å². The summed E-state index contributed by atoms with van der Waals surface area (Å²) in [6.45, 7) is 8.81. The van der Waals surface area contributed by atoms with Crippen LogP contribution in [0.4, 0.5) is 0 Å². The van der Waals surface area contributed by atoms with E-state index in [1.807, 2.05) is 0 Å². The minimum atomic E-state index is 0.546. The van der Waals surface area contributed by atoms with Gasteiger partial charge in [-0.3, -0.25) is 0 Å². The van der Waals surface area contributed by atoms with Crippen molar-refractivity contribution < 1.29 is 4.74 Å². The van der Waals surface area contributed by atoms with Crippen LogP contribution in [0.25, 0.3) is 10.8 Å². The van der Waals surface area contributed by atoms with Crippen LogP contribution in [-0.4, -0.2) is 7.11 Å². The monoisotopic (exact) mass is 228 g/mol. The Kier molecular flexibility index (Phi) is 3.10. The fourth-order valence-corrected chi connectivity index (χ4v) is 2.44. The van der Waals surface area contributed by atoms with Gasteiger partial charge < -0.3 is 4.74 Å². The Bertz CT molecular complexity index is 553. The molecule has 0 aliphatic carbocycles. The highest BCUT2D eigenvalue weighted by Gasteiger charge is 2.10. The number of rotatable bonds is 2. The lowest BCUT2D eigenvalue weighted by atomic mass is 9.91. The molecule has 0 N–H and O–H groups in total. The van der Waals surface area contributed by atoms with Gasteiger partial charge in [0.1, 0.15) is 5.75 Å². The largest absolute Gasteiger partial charge is 0.497 e. The number of methoxy groups -OCH3 is 1. The van der Waals surface area contributed by atoms with E-state index in [1.54, 1.807) is 7.11 Å². The van der Waals surface area contributed by atoms with E-state index < -0.39 is 0 Å². The number of benzene rings is 2. The topological polar surface area (TPSA) is 9.23 Å². The molecule has 0 amide bonds. The van der Waals surface area contributed by atoms with E-state index in [1.165, 1.54) is 27.5 Å². The molecule has 0 unspecified atom stereocenters. The summed E-state index contributed by atoms with van der Waals surface area (Å²) in [6, 6.07) is 8.72. The first kappa shape index (κ1) is 12.0. The summed E-state index contributed by atoms with van der Waals surface area (Å²) in [6.07, 6.45) is 0. The van der Waals surface area contributed by atoms with Gasteiger partial charge in [0.05, 0.1) is 7.11 Å². The standard InChI is InChI=1S/C16H20O/c1-10(2)14-7-6-11(3)15-9-13(17-5)8-12(4)16(14)15/h6-10H,1-5H3. The Balaban J connectivity index is 2.86. The van der Waals surface area contributed by atoms with Crippen LogP contribution >= 0.6 is 0 Å². The Hall–Kier alpha value is -1.50. The summed E-state index contributed by atoms with van der Waals surface area (Å²) >= 11 is 0. The van der Waals surface area contributed by atoms with Gasteiger partial charge in [0, 0.05) is 0 Å². The van der Waals surface area contributed by atoms with Crippen molar-refractivity contribution in [2.24, 2.45) is 0 Å². The molecule has 2 rings (SSSR count). The van der Waals surface area contributed by atoms with Gasteiger partial charge in [0.2, 0.25) is 0 Å². The molecule has 0 aromatic heterocycles. The SMILES string of the molecule is COc1cc(C)c2c(C(C)C)ccc(C)c2c1. The highest BCUT2D eigenvalue weighted by atomic mass is 16.5. The summed E-state index contributed by atoms with van der Waals surface area (Å²) in [4.78, 5) is 0. The van der Waals surface area contributed by atoms with Crippen LogP contribution in [0.5, 0.6) is 5.75 Å². The Labute approximate surface area is 103 Å². The maximum Gasteiger partial charge on any atom is 0.119 e. The second-order valence-corrected chi connectivity index (χ2v) is 4.99. The summed E-state index contributed by atoms with van der Waals surface area (Å²) in [7, 11) is 1.72. The highest BCUT2D eigenvalue weighted by molar-refractivity contribution is 5.92. The molecule has 90 valence electrons. The van der Waals surface area contributed by atoms with Crippen molar-refractivity contribution in [1.29, 1.82) is 0 Å². The third-order valence-corrected chi connectivity index (χ3v) is 3.39. The Morgan fingerprint density at radius 1 is 1.00 bits per heavy atom. The summed E-state index contributed by atoms with van der Waals surface area (Å²) in [5, 5.41) is 2.70. The van der Waals surface area contributed by atoms with Gasteiger partial charge in [0.15, 0.2) is 0 Å². The number of ether oxygens (including phenoxy) is 1. The first-order valence-corrected chi connectivity index (χ1v) is 6.12. The lowest BCUT2D eigenvalue weighted by Crippen LogP contribution is -1.95. The molecular formula is C16H20O. The average molecular weight is 228 g/mol. The van der Waals surface area contributed by atoms with Crippen molar-refractivity contribution in [3.63, 3.8) is 0 Å². The van der Waals surface area contributed by atoms with E-state index in [0.717, 1.165) is 5.75 Å². The lowest BCUT2D eigenvalue weighted by molar-refractivity contribution is 0.415. The Morgan fingerprint density at radius 2 is 1.71 bits per heavy atom. The third-order valence-electron chi connectivity index (χ3n) is 3.39. The van der Waals surface area contributed by atoms with E-state index in [0.29, 0.717) is 5.92 Å². The van der Waals surface area contributed by atoms with Gasteiger partial charge in [-0.15, -0.1) is 0 Å². The smallest absolute Gasteiger partial charge is 0.119 e. The molecule has 0 heterocycles. The van der Waals surface area contributed by atoms with Gasteiger partial charge in [-0.05, 0) is 59.4 Å². The fraction of sp³-hybridized carbons (Fsp3) is 0.375. The normalized spacial score (nSPS) is 11.2. The van der Waals surface area contributed by atoms with Crippen molar-refractivity contribution in [3.05, 3.63) is 41.0 Å². The predicted molar refractivity (Wildman–Crippen MR) is 74.1 cm³/mol. The van der Waals surface area contributed by atoms with Gasteiger partial charge >= 0.3 is 0 Å². The third kappa shape index (κ3) is 2.02. The van der Waals surface area contributed by atoms with Gasteiger partial charge in [-0.25, -0.2) is 0 Å². The van der Waals surface area contributed by atoms with Crippen LogP contribution in [0.2, 0.25) is 0 Å². The van der Waals surface area contributed by atoms with Crippen LogP contribution in [0, 0.1) is 13.8 Å². The van der Waals surface area contributed by atoms with E-state index in [-0.39, 0.29) is 0 Å². The molecule has 0 spiro atoms. The van der Waals surface area contributed by atoms with Crippen LogP contribution in [-0.2, 0) is 0 Å². The first-order chi connectivity index (χ1) is 8.04. The van der Waals surface area contributed by atoms with Gasteiger partial charge in [0.25, 0.3) is 0 Å². The van der Waals surface area contributed by atoms with Crippen LogP contribution in [0.15, 0.2) is 24.3 Å². The molecule has 0 saturated heterocycles. The highest BCUT2D eigenvalue weighted by Crippen LogP contribution is 2.33. The zero-order valence-electron chi connectivity index (χ0n) is 11.3. The molecule has 2 aromatic carbocycles. The van der Waals surface area contributed by atoms with Crippen molar-refractivity contribution in [3.8, 4) is 5.75 Å². The van der Waals surface area contributed by atoms with Crippen molar-refractivity contribution >= 4 is 10.8 Å². The zero-order chi connectivity index (χ0) is 12.6. The molecule has 17 heavy (non-hydrogen) atoms. The fourth-order valence-electron chi connectivity index (χ4n) is 2.44. The molecule has 0 radical (unpaired) electrons. The predicted octanol–water partition coefficient (Wildman–Crippen LogP) is 4.59. The Morgan fingerprint density at radius 3 is 2.29 bits per heavy atom. The molecule has 1 nitrogen and oxygen atoms in total. The molecule has 0 aliphatic heterocycles. The molecule has 0 bridgehead atoms. The molecule has 2 aromatic rings.